The number of rotatable bonds is 4. The molecular formula is C16H16N4O. The van der Waals surface area contributed by atoms with Crippen LogP contribution in [0.1, 0.15) is 16.8 Å². The highest BCUT2D eigenvalue weighted by Crippen LogP contribution is 2.16. The lowest BCUT2D eigenvalue weighted by Crippen LogP contribution is -2.30. The molecule has 0 atom stereocenters. The van der Waals surface area contributed by atoms with Gasteiger partial charge in [0.05, 0.1) is 11.6 Å². The topological polar surface area (TPSA) is 77.8 Å². The van der Waals surface area contributed by atoms with Crippen molar-refractivity contribution >= 4 is 11.7 Å². The van der Waals surface area contributed by atoms with Crippen molar-refractivity contribution in [2.45, 2.75) is 13.3 Å². The lowest BCUT2D eigenvalue weighted by Gasteiger charge is -2.10. The number of carbonyl (C=O) groups excluding carboxylic acids is 1. The molecule has 0 spiro atoms. The molecule has 106 valence electrons. The van der Waals surface area contributed by atoms with Crippen LogP contribution in [-0.4, -0.2) is 17.6 Å². The van der Waals surface area contributed by atoms with Gasteiger partial charge in [-0.2, -0.15) is 5.26 Å². The highest BCUT2D eigenvalue weighted by molar-refractivity contribution is 5.90. The molecule has 0 saturated heterocycles. The van der Waals surface area contributed by atoms with Crippen molar-refractivity contribution in [1.82, 2.24) is 10.3 Å². The van der Waals surface area contributed by atoms with E-state index in [9.17, 15) is 4.79 Å². The molecule has 2 aromatic rings. The van der Waals surface area contributed by atoms with Crippen LogP contribution in [0.15, 0.2) is 42.6 Å². The molecule has 5 nitrogen and oxygen atoms in total. The lowest BCUT2D eigenvalue weighted by molar-refractivity contribution is 0.252. The Morgan fingerprint density at radius 3 is 2.90 bits per heavy atom. The van der Waals surface area contributed by atoms with Crippen LogP contribution in [0.2, 0.25) is 0 Å². The molecule has 0 aliphatic heterocycles. The van der Waals surface area contributed by atoms with E-state index in [-0.39, 0.29) is 6.03 Å². The van der Waals surface area contributed by atoms with E-state index in [1.165, 1.54) is 0 Å². The highest BCUT2D eigenvalue weighted by Gasteiger charge is 2.05. The molecule has 2 rings (SSSR count). The molecule has 1 aromatic heterocycles. The van der Waals surface area contributed by atoms with Gasteiger partial charge in [-0.05, 0) is 36.8 Å². The summed E-state index contributed by atoms with van der Waals surface area (Å²) in [6.07, 6.45) is 2.40. The fourth-order valence-electron chi connectivity index (χ4n) is 1.84. The summed E-state index contributed by atoms with van der Waals surface area (Å²) in [4.78, 5) is 16.0. The number of amides is 2. The van der Waals surface area contributed by atoms with Gasteiger partial charge in [0, 0.05) is 30.5 Å². The predicted molar refractivity (Wildman–Crippen MR) is 80.9 cm³/mol. The number of aromatic nitrogens is 1. The SMILES string of the molecule is Cc1ccc(C#N)cc1NC(=O)NCCc1ccccn1. The number of aryl methyl sites for hydroxylation is 1. The summed E-state index contributed by atoms with van der Waals surface area (Å²) in [5.41, 5.74) is 3.00. The largest absolute Gasteiger partial charge is 0.337 e. The van der Waals surface area contributed by atoms with Gasteiger partial charge in [-0.25, -0.2) is 4.79 Å². The standard InChI is InChI=1S/C16H16N4O/c1-12-5-6-13(11-17)10-15(12)20-16(21)19-9-7-14-4-2-3-8-18-14/h2-6,8,10H,7,9H2,1H3,(H2,19,20,21). The molecule has 1 heterocycles. The Bertz CT molecular complexity index is 662. The number of nitriles is 1. The van der Waals surface area contributed by atoms with Gasteiger partial charge >= 0.3 is 6.03 Å². The number of nitrogens with one attached hydrogen (secondary N) is 2. The summed E-state index contributed by atoms with van der Waals surface area (Å²) in [5, 5.41) is 14.4. The van der Waals surface area contributed by atoms with Gasteiger partial charge in [0.2, 0.25) is 0 Å². The third-order valence-electron chi connectivity index (χ3n) is 3.01. The van der Waals surface area contributed by atoms with E-state index in [0.29, 0.717) is 24.2 Å². The zero-order valence-electron chi connectivity index (χ0n) is 11.8. The van der Waals surface area contributed by atoms with Crippen molar-refractivity contribution < 1.29 is 4.79 Å². The Labute approximate surface area is 123 Å². The Balaban J connectivity index is 1.86. The van der Waals surface area contributed by atoms with E-state index >= 15 is 0 Å². The fourth-order valence-corrected chi connectivity index (χ4v) is 1.84. The van der Waals surface area contributed by atoms with Crippen LogP contribution >= 0.6 is 0 Å². The number of pyridine rings is 1. The van der Waals surface area contributed by atoms with Crippen LogP contribution in [0.4, 0.5) is 10.5 Å². The number of hydrogen-bond donors (Lipinski definition) is 2. The molecule has 0 fully saturated rings. The van der Waals surface area contributed by atoms with Gasteiger partial charge in [0.25, 0.3) is 0 Å². The summed E-state index contributed by atoms with van der Waals surface area (Å²) in [7, 11) is 0. The van der Waals surface area contributed by atoms with E-state index in [1.807, 2.05) is 31.2 Å². The van der Waals surface area contributed by atoms with E-state index in [1.54, 1.807) is 18.3 Å². The van der Waals surface area contributed by atoms with Crippen LogP contribution in [0, 0.1) is 18.3 Å². The average molecular weight is 280 g/mol. The first-order valence-electron chi connectivity index (χ1n) is 6.64. The van der Waals surface area contributed by atoms with Gasteiger partial charge in [-0.3, -0.25) is 4.98 Å². The Morgan fingerprint density at radius 2 is 2.19 bits per heavy atom. The van der Waals surface area contributed by atoms with Crippen LogP contribution in [0.3, 0.4) is 0 Å². The maximum Gasteiger partial charge on any atom is 0.319 e. The minimum absolute atomic E-state index is 0.288. The molecule has 5 heteroatoms. The lowest BCUT2D eigenvalue weighted by atomic mass is 10.1. The molecule has 0 bridgehead atoms. The number of carbonyl (C=O) groups is 1. The van der Waals surface area contributed by atoms with Gasteiger partial charge < -0.3 is 10.6 Å². The van der Waals surface area contributed by atoms with Crippen molar-refractivity contribution in [3.05, 3.63) is 59.4 Å². The number of benzene rings is 1. The van der Waals surface area contributed by atoms with E-state index in [2.05, 4.69) is 21.7 Å². The normalized spacial score (nSPS) is 9.71. The van der Waals surface area contributed by atoms with Crippen molar-refractivity contribution in [1.29, 1.82) is 5.26 Å². The molecule has 0 aliphatic carbocycles. The first-order valence-corrected chi connectivity index (χ1v) is 6.64. The summed E-state index contributed by atoms with van der Waals surface area (Å²) >= 11 is 0. The monoisotopic (exact) mass is 280 g/mol. The second kappa shape index (κ2) is 7.06. The quantitative estimate of drug-likeness (QED) is 0.903. The molecule has 21 heavy (non-hydrogen) atoms. The molecule has 2 N–H and O–H groups in total. The van der Waals surface area contributed by atoms with Crippen LogP contribution in [0.5, 0.6) is 0 Å². The summed E-state index contributed by atoms with van der Waals surface area (Å²) in [6.45, 7) is 2.38. The number of nitrogens with zero attached hydrogens (tertiary/aromatic N) is 2. The minimum Gasteiger partial charge on any atom is -0.337 e. The average Bonchev–Trinajstić information content (AvgIpc) is 2.50. The molecule has 0 unspecified atom stereocenters. The molecule has 0 saturated carbocycles. The van der Waals surface area contributed by atoms with E-state index < -0.39 is 0 Å². The Hall–Kier alpha value is -2.87. The van der Waals surface area contributed by atoms with Crippen LogP contribution in [-0.2, 0) is 6.42 Å². The summed E-state index contributed by atoms with van der Waals surface area (Å²) in [5.74, 6) is 0. The summed E-state index contributed by atoms with van der Waals surface area (Å²) in [6, 6.07) is 12.6. The first-order chi connectivity index (χ1) is 10.2. The number of hydrogen-bond acceptors (Lipinski definition) is 3. The van der Waals surface area contributed by atoms with Crippen molar-refractivity contribution in [2.24, 2.45) is 0 Å². The number of anilines is 1. The first kappa shape index (κ1) is 14.5. The van der Waals surface area contributed by atoms with Crippen molar-refractivity contribution in [3.63, 3.8) is 0 Å². The van der Waals surface area contributed by atoms with Crippen LogP contribution in [0.25, 0.3) is 0 Å². The van der Waals surface area contributed by atoms with Crippen molar-refractivity contribution in [3.8, 4) is 6.07 Å². The van der Waals surface area contributed by atoms with E-state index in [0.717, 1.165) is 11.3 Å². The smallest absolute Gasteiger partial charge is 0.319 e. The summed E-state index contributed by atoms with van der Waals surface area (Å²) < 4.78 is 0. The number of urea groups is 1. The minimum atomic E-state index is -0.288. The molecule has 0 aliphatic rings. The van der Waals surface area contributed by atoms with E-state index in [4.69, 9.17) is 5.26 Å². The molecule has 2 amide bonds. The second-order valence-electron chi connectivity index (χ2n) is 4.59. The fraction of sp³-hybridized carbons (Fsp3) is 0.188. The van der Waals surface area contributed by atoms with Gasteiger partial charge in [0.1, 0.15) is 0 Å². The highest BCUT2D eigenvalue weighted by atomic mass is 16.2. The van der Waals surface area contributed by atoms with Gasteiger partial charge in [0.15, 0.2) is 0 Å². The molecular weight excluding hydrogens is 264 g/mol. The van der Waals surface area contributed by atoms with Crippen LogP contribution < -0.4 is 10.6 Å². The third kappa shape index (κ3) is 4.32. The Kier molecular flexibility index (Phi) is 4.89. The zero-order chi connectivity index (χ0) is 15.1. The zero-order valence-corrected chi connectivity index (χ0v) is 11.8. The Morgan fingerprint density at radius 1 is 1.33 bits per heavy atom. The second-order valence-corrected chi connectivity index (χ2v) is 4.59. The predicted octanol–water partition coefficient (Wildman–Crippen LogP) is 2.63. The molecule has 1 aromatic carbocycles. The third-order valence-corrected chi connectivity index (χ3v) is 3.01. The van der Waals surface area contributed by atoms with Gasteiger partial charge in [-0.15, -0.1) is 0 Å². The maximum absolute atomic E-state index is 11.8. The molecule has 0 radical (unpaired) electrons. The van der Waals surface area contributed by atoms with Gasteiger partial charge in [-0.1, -0.05) is 12.1 Å². The van der Waals surface area contributed by atoms with Crippen molar-refractivity contribution in [2.75, 3.05) is 11.9 Å². The maximum atomic E-state index is 11.8.